The monoisotopic (exact) mass is 360 g/mol. The first-order chi connectivity index (χ1) is 11.4. The van der Waals surface area contributed by atoms with Crippen LogP contribution in [0.3, 0.4) is 0 Å². The van der Waals surface area contributed by atoms with Crippen molar-refractivity contribution >= 4 is 33.2 Å². The lowest BCUT2D eigenvalue weighted by Gasteiger charge is -2.08. The molecule has 0 atom stereocenters. The lowest BCUT2D eigenvalue weighted by Crippen LogP contribution is -2.03. The summed E-state index contributed by atoms with van der Waals surface area (Å²) in [6.45, 7) is 0. The zero-order chi connectivity index (χ0) is 17.3. The van der Waals surface area contributed by atoms with Crippen LogP contribution in [0, 0.1) is 0 Å². The third kappa shape index (κ3) is 3.04. The van der Waals surface area contributed by atoms with Crippen LogP contribution in [0.15, 0.2) is 64.5 Å². The number of rotatable bonds is 3. The van der Waals surface area contributed by atoms with E-state index in [9.17, 15) is 8.42 Å². The molecule has 3 aromatic rings. The van der Waals surface area contributed by atoms with Gasteiger partial charge in [-0.25, -0.2) is 13.4 Å². The molecule has 0 spiro atoms. The number of aromatic nitrogens is 2. The topological polar surface area (TPSA) is 112 Å². The van der Waals surface area contributed by atoms with Crippen molar-refractivity contribution in [3.63, 3.8) is 0 Å². The molecule has 6 nitrogen and oxygen atoms in total. The van der Waals surface area contributed by atoms with Gasteiger partial charge in [-0.15, -0.1) is 0 Å². The normalized spacial score (nSPS) is 11.4. The van der Waals surface area contributed by atoms with E-state index < -0.39 is 9.84 Å². The van der Waals surface area contributed by atoms with Crippen molar-refractivity contribution in [2.24, 2.45) is 0 Å². The Bertz CT molecular complexity index is 988. The number of hydrogen-bond donors (Lipinski definition) is 2. The summed E-state index contributed by atoms with van der Waals surface area (Å²) < 4.78 is 25.2. The second-order valence-electron chi connectivity index (χ2n) is 5.01. The minimum Gasteiger partial charge on any atom is -0.383 e. The molecule has 0 aliphatic heterocycles. The van der Waals surface area contributed by atoms with E-state index in [1.54, 1.807) is 12.1 Å². The Kier molecular flexibility index (Phi) is 4.13. The van der Waals surface area contributed by atoms with Crippen LogP contribution in [0.1, 0.15) is 0 Å². The van der Waals surface area contributed by atoms with E-state index in [1.807, 2.05) is 0 Å². The van der Waals surface area contributed by atoms with Gasteiger partial charge in [0.05, 0.1) is 9.79 Å². The van der Waals surface area contributed by atoms with Gasteiger partial charge in [0, 0.05) is 16.8 Å². The molecular formula is C16H13ClN4O2S. The molecule has 8 heteroatoms. The van der Waals surface area contributed by atoms with E-state index in [-0.39, 0.29) is 21.6 Å². The molecular weight excluding hydrogens is 348 g/mol. The lowest BCUT2D eigenvalue weighted by atomic mass is 10.1. The number of benzene rings is 2. The van der Waals surface area contributed by atoms with Gasteiger partial charge in [0.15, 0.2) is 0 Å². The number of nitrogens with zero attached hydrogens (tertiary/aromatic N) is 2. The summed E-state index contributed by atoms with van der Waals surface area (Å²) in [7, 11) is -3.61. The maximum absolute atomic E-state index is 12.6. The number of anilines is 2. The fraction of sp³-hybridized carbons (Fsp3) is 0. The van der Waals surface area contributed by atoms with Gasteiger partial charge in [-0.2, -0.15) is 4.98 Å². The summed E-state index contributed by atoms with van der Waals surface area (Å²) in [5.74, 6) is 0.314. The summed E-state index contributed by atoms with van der Waals surface area (Å²) in [4.78, 5) is 8.14. The fourth-order valence-corrected chi connectivity index (χ4v) is 3.58. The number of nitrogen functional groups attached to an aromatic ring is 2. The maximum Gasteiger partial charge on any atom is 0.221 e. The largest absolute Gasteiger partial charge is 0.383 e. The van der Waals surface area contributed by atoms with Gasteiger partial charge < -0.3 is 11.5 Å². The smallest absolute Gasteiger partial charge is 0.221 e. The molecule has 0 radical (unpaired) electrons. The van der Waals surface area contributed by atoms with Crippen molar-refractivity contribution in [2.75, 3.05) is 11.5 Å². The van der Waals surface area contributed by atoms with Gasteiger partial charge in [-0.05, 0) is 42.0 Å². The number of nitrogens with two attached hydrogens (primary N) is 2. The first-order valence-electron chi connectivity index (χ1n) is 6.87. The van der Waals surface area contributed by atoms with Crippen molar-refractivity contribution in [1.29, 1.82) is 0 Å². The molecule has 3 rings (SSSR count). The van der Waals surface area contributed by atoms with Crippen molar-refractivity contribution in [1.82, 2.24) is 9.97 Å². The van der Waals surface area contributed by atoms with E-state index in [0.717, 1.165) is 0 Å². The van der Waals surface area contributed by atoms with Crippen LogP contribution in [0.5, 0.6) is 0 Å². The molecule has 0 aliphatic carbocycles. The zero-order valence-corrected chi connectivity index (χ0v) is 13.9. The second-order valence-corrected chi connectivity index (χ2v) is 7.39. The Balaban J connectivity index is 1.98. The van der Waals surface area contributed by atoms with Crippen LogP contribution in [0.2, 0.25) is 5.02 Å². The van der Waals surface area contributed by atoms with Crippen molar-refractivity contribution in [3.05, 3.63) is 59.8 Å². The Morgan fingerprint density at radius 3 is 1.96 bits per heavy atom. The maximum atomic E-state index is 12.6. The van der Waals surface area contributed by atoms with E-state index in [0.29, 0.717) is 16.1 Å². The first-order valence-corrected chi connectivity index (χ1v) is 8.73. The first kappa shape index (κ1) is 16.2. The molecule has 1 aromatic heterocycles. The summed E-state index contributed by atoms with van der Waals surface area (Å²) >= 11 is 5.79. The molecule has 4 N–H and O–H groups in total. The zero-order valence-electron chi connectivity index (χ0n) is 12.3. The predicted molar refractivity (Wildman–Crippen MR) is 93.2 cm³/mol. The number of hydrogen-bond acceptors (Lipinski definition) is 6. The second kappa shape index (κ2) is 6.10. The van der Waals surface area contributed by atoms with Crippen molar-refractivity contribution < 1.29 is 8.42 Å². The predicted octanol–water partition coefficient (Wildman–Crippen LogP) is 2.79. The van der Waals surface area contributed by atoms with Gasteiger partial charge in [0.1, 0.15) is 5.82 Å². The highest BCUT2D eigenvalue weighted by Crippen LogP contribution is 2.27. The highest BCUT2D eigenvalue weighted by Gasteiger charge is 2.17. The molecule has 0 fully saturated rings. The van der Waals surface area contributed by atoms with Gasteiger partial charge in [0.25, 0.3) is 0 Å². The van der Waals surface area contributed by atoms with Crippen LogP contribution in [-0.2, 0) is 9.84 Å². The number of sulfone groups is 1. The van der Waals surface area contributed by atoms with E-state index in [2.05, 4.69) is 9.97 Å². The van der Waals surface area contributed by atoms with Gasteiger partial charge in [0.2, 0.25) is 15.8 Å². The van der Waals surface area contributed by atoms with Crippen LogP contribution < -0.4 is 11.5 Å². The highest BCUT2D eigenvalue weighted by atomic mass is 35.5. The highest BCUT2D eigenvalue weighted by molar-refractivity contribution is 7.91. The van der Waals surface area contributed by atoms with E-state index in [1.165, 1.54) is 42.6 Å². The average Bonchev–Trinajstić information content (AvgIpc) is 2.55. The Labute approximate surface area is 144 Å². The minimum atomic E-state index is -3.61. The summed E-state index contributed by atoms with van der Waals surface area (Å²) in [6, 6.07) is 12.3. The molecule has 0 saturated carbocycles. The quantitative estimate of drug-likeness (QED) is 0.742. The van der Waals surface area contributed by atoms with Crippen LogP contribution in [0.4, 0.5) is 11.8 Å². The van der Waals surface area contributed by atoms with E-state index >= 15 is 0 Å². The summed E-state index contributed by atoms with van der Waals surface area (Å²) in [6.07, 6.45) is 1.50. The summed E-state index contributed by atoms with van der Waals surface area (Å²) in [5, 5.41) is 0.475. The fourth-order valence-electron chi connectivity index (χ4n) is 2.20. The lowest BCUT2D eigenvalue weighted by molar-refractivity contribution is 0.596. The molecule has 0 unspecified atom stereocenters. The SMILES string of the molecule is Nc1ncc(-c2ccc(S(=O)(=O)c3ccc(Cl)cc3)cc2)c(N)n1. The van der Waals surface area contributed by atoms with Crippen molar-refractivity contribution in [3.8, 4) is 11.1 Å². The molecule has 0 saturated heterocycles. The number of halogens is 1. The standard InChI is InChI=1S/C16H13ClN4O2S/c17-11-3-7-13(8-4-11)24(22,23)12-5-1-10(2-6-12)14-9-20-16(19)21-15(14)18/h1-9H,(H4,18,19,20,21). The summed E-state index contributed by atoms with van der Waals surface area (Å²) in [5.41, 5.74) is 12.6. The molecule has 122 valence electrons. The Morgan fingerprint density at radius 1 is 0.875 bits per heavy atom. The van der Waals surface area contributed by atoms with E-state index in [4.69, 9.17) is 23.1 Å². The Morgan fingerprint density at radius 2 is 1.42 bits per heavy atom. The van der Waals surface area contributed by atoms with Crippen LogP contribution >= 0.6 is 11.6 Å². The molecule has 24 heavy (non-hydrogen) atoms. The minimum absolute atomic E-state index is 0.0817. The molecule has 0 amide bonds. The van der Waals surface area contributed by atoms with Crippen LogP contribution in [0.25, 0.3) is 11.1 Å². The van der Waals surface area contributed by atoms with Crippen LogP contribution in [-0.4, -0.2) is 18.4 Å². The van der Waals surface area contributed by atoms with Gasteiger partial charge >= 0.3 is 0 Å². The van der Waals surface area contributed by atoms with Gasteiger partial charge in [-0.1, -0.05) is 23.7 Å². The average molecular weight is 361 g/mol. The molecule has 2 aromatic carbocycles. The molecule has 0 bridgehead atoms. The van der Waals surface area contributed by atoms with Crippen molar-refractivity contribution in [2.45, 2.75) is 9.79 Å². The third-order valence-electron chi connectivity index (χ3n) is 3.44. The third-order valence-corrected chi connectivity index (χ3v) is 5.47. The Hall–Kier alpha value is -2.64. The molecule has 0 aliphatic rings. The van der Waals surface area contributed by atoms with Gasteiger partial charge in [-0.3, -0.25) is 0 Å². The molecule has 1 heterocycles.